The van der Waals surface area contributed by atoms with E-state index < -0.39 is 0 Å². The van der Waals surface area contributed by atoms with E-state index in [0.29, 0.717) is 18.6 Å². The van der Waals surface area contributed by atoms with Gasteiger partial charge < -0.3 is 20.1 Å². The molecule has 0 aliphatic carbocycles. The zero-order chi connectivity index (χ0) is 13.5. The standard InChI is InChI=1S/C13H29N3O2/c1-5-11-10-16(7-6-15(11)2)12(9-14)8-13(17-3)18-4/h11-13H,5-10,14H2,1-4H3. The van der Waals surface area contributed by atoms with Gasteiger partial charge in [0.1, 0.15) is 0 Å². The molecule has 2 atom stereocenters. The highest BCUT2D eigenvalue weighted by molar-refractivity contribution is 4.84. The largest absolute Gasteiger partial charge is 0.356 e. The zero-order valence-corrected chi connectivity index (χ0v) is 12.3. The van der Waals surface area contributed by atoms with Gasteiger partial charge in [0.2, 0.25) is 0 Å². The number of nitrogens with zero attached hydrogens (tertiary/aromatic N) is 2. The molecule has 0 saturated carbocycles. The van der Waals surface area contributed by atoms with E-state index in [2.05, 4.69) is 23.8 Å². The number of nitrogens with two attached hydrogens (primary N) is 1. The van der Waals surface area contributed by atoms with Crippen molar-refractivity contribution in [1.29, 1.82) is 0 Å². The van der Waals surface area contributed by atoms with Gasteiger partial charge in [-0.3, -0.25) is 4.90 Å². The molecule has 108 valence electrons. The molecular formula is C13H29N3O2. The van der Waals surface area contributed by atoms with Crippen molar-refractivity contribution in [3.8, 4) is 0 Å². The summed E-state index contributed by atoms with van der Waals surface area (Å²) in [6, 6.07) is 0.981. The van der Waals surface area contributed by atoms with Crippen molar-refractivity contribution in [3.63, 3.8) is 0 Å². The number of hydrogen-bond acceptors (Lipinski definition) is 5. The fraction of sp³-hybridized carbons (Fsp3) is 1.00. The Morgan fingerprint density at radius 1 is 1.28 bits per heavy atom. The summed E-state index contributed by atoms with van der Waals surface area (Å²) in [7, 11) is 5.57. The quantitative estimate of drug-likeness (QED) is 0.669. The Morgan fingerprint density at radius 2 is 1.94 bits per heavy atom. The second-order valence-corrected chi connectivity index (χ2v) is 5.06. The summed E-state index contributed by atoms with van der Waals surface area (Å²) in [6.07, 6.45) is 1.87. The second-order valence-electron chi connectivity index (χ2n) is 5.06. The molecule has 2 N–H and O–H groups in total. The molecule has 0 radical (unpaired) electrons. The summed E-state index contributed by atoms with van der Waals surface area (Å²) in [5.74, 6) is 0. The van der Waals surface area contributed by atoms with E-state index in [9.17, 15) is 0 Å². The van der Waals surface area contributed by atoms with Crippen LogP contribution in [0.25, 0.3) is 0 Å². The van der Waals surface area contributed by atoms with Gasteiger partial charge in [-0.25, -0.2) is 0 Å². The maximum Gasteiger partial charge on any atom is 0.158 e. The van der Waals surface area contributed by atoms with Crippen LogP contribution < -0.4 is 5.73 Å². The molecule has 0 aromatic rings. The number of piperazine rings is 1. The molecule has 0 spiro atoms. The highest BCUT2D eigenvalue weighted by atomic mass is 16.7. The van der Waals surface area contributed by atoms with Gasteiger partial charge in [-0.1, -0.05) is 6.92 Å². The molecule has 0 bridgehead atoms. The first kappa shape index (κ1) is 15.9. The van der Waals surface area contributed by atoms with Crippen molar-refractivity contribution >= 4 is 0 Å². The molecule has 1 aliphatic heterocycles. The first-order chi connectivity index (χ1) is 8.65. The first-order valence-electron chi connectivity index (χ1n) is 6.86. The lowest BCUT2D eigenvalue weighted by atomic mass is 10.1. The summed E-state index contributed by atoms with van der Waals surface area (Å²) in [5.41, 5.74) is 5.92. The van der Waals surface area contributed by atoms with Crippen molar-refractivity contribution in [2.75, 3.05) is 47.4 Å². The molecular weight excluding hydrogens is 230 g/mol. The maximum atomic E-state index is 5.92. The van der Waals surface area contributed by atoms with Gasteiger partial charge in [0.25, 0.3) is 0 Å². The average Bonchev–Trinajstić information content (AvgIpc) is 2.41. The minimum absolute atomic E-state index is 0.154. The monoisotopic (exact) mass is 259 g/mol. The number of rotatable bonds is 7. The first-order valence-corrected chi connectivity index (χ1v) is 6.86. The van der Waals surface area contributed by atoms with E-state index >= 15 is 0 Å². The maximum absolute atomic E-state index is 5.92. The van der Waals surface area contributed by atoms with Gasteiger partial charge in [0.15, 0.2) is 6.29 Å². The molecule has 5 heteroatoms. The van der Waals surface area contributed by atoms with E-state index in [1.165, 1.54) is 6.42 Å². The molecule has 0 aromatic carbocycles. The van der Waals surface area contributed by atoms with Crippen LogP contribution in [0.15, 0.2) is 0 Å². The molecule has 1 fully saturated rings. The lowest BCUT2D eigenvalue weighted by Gasteiger charge is -2.43. The predicted molar refractivity (Wildman–Crippen MR) is 73.5 cm³/mol. The Bertz CT molecular complexity index is 222. The number of likely N-dealkylation sites (N-methyl/N-ethyl adjacent to an activating group) is 1. The SMILES string of the molecule is CCC1CN(C(CN)CC(OC)OC)CCN1C. The highest BCUT2D eigenvalue weighted by Gasteiger charge is 2.28. The van der Waals surface area contributed by atoms with Gasteiger partial charge in [-0.2, -0.15) is 0 Å². The molecule has 5 nitrogen and oxygen atoms in total. The molecule has 18 heavy (non-hydrogen) atoms. The number of ether oxygens (including phenoxy) is 2. The van der Waals surface area contributed by atoms with Crippen LogP contribution in [0.4, 0.5) is 0 Å². The second kappa shape index (κ2) is 8.07. The lowest BCUT2D eigenvalue weighted by molar-refractivity contribution is -0.118. The van der Waals surface area contributed by atoms with Crippen molar-refractivity contribution in [3.05, 3.63) is 0 Å². The number of hydrogen-bond donors (Lipinski definition) is 1. The Kier molecular flexibility index (Phi) is 7.11. The zero-order valence-electron chi connectivity index (χ0n) is 12.3. The molecule has 0 aromatic heterocycles. The van der Waals surface area contributed by atoms with Crippen LogP contribution in [0.3, 0.4) is 0 Å². The van der Waals surface area contributed by atoms with Crippen molar-refractivity contribution in [2.45, 2.75) is 38.1 Å². The topological polar surface area (TPSA) is 51.0 Å². The van der Waals surface area contributed by atoms with Gasteiger partial charge in [0, 0.05) is 58.9 Å². The Hall–Kier alpha value is -0.200. The van der Waals surface area contributed by atoms with E-state index in [0.717, 1.165) is 26.1 Å². The minimum Gasteiger partial charge on any atom is -0.356 e. The van der Waals surface area contributed by atoms with E-state index in [4.69, 9.17) is 15.2 Å². The lowest BCUT2D eigenvalue weighted by Crippen LogP contribution is -2.56. The Morgan fingerprint density at radius 3 is 2.44 bits per heavy atom. The third-order valence-electron chi connectivity index (χ3n) is 4.06. The van der Waals surface area contributed by atoms with Crippen LogP contribution in [0.5, 0.6) is 0 Å². The van der Waals surface area contributed by atoms with Gasteiger partial charge in [-0.05, 0) is 13.5 Å². The summed E-state index contributed by atoms with van der Waals surface area (Å²) < 4.78 is 10.6. The molecule has 0 amide bonds. The van der Waals surface area contributed by atoms with E-state index in [1.54, 1.807) is 14.2 Å². The molecule has 2 unspecified atom stereocenters. The summed E-state index contributed by atoms with van der Waals surface area (Å²) in [4.78, 5) is 4.92. The summed E-state index contributed by atoms with van der Waals surface area (Å²) >= 11 is 0. The van der Waals surface area contributed by atoms with Crippen LogP contribution in [0.2, 0.25) is 0 Å². The van der Waals surface area contributed by atoms with Gasteiger partial charge in [-0.15, -0.1) is 0 Å². The van der Waals surface area contributed by atoms with Crippen molar-refractivity contribution in [2.24, 2.45) is 5.73 Å². The average molecular weight is 259 g/mol. The molecule has 1 rings (SSSR count). The van der Waals surface area contributed by atoms with Crippen LogP contribution in [-0.4, -0.2) is 75.6 Å². The van der Waals surface area contributed by atoms with Gasteiger partial charge in [0.05, 0.1) is 0 Å². The predicted octanol–water partition coefficient (Wildman–Crippen LogP) is 0.349. The molecule has 1 saturated heterocycles. The van der Waals surface area contributed by atoms with Crippen LogP contribution in [0, 0.1) is 0 Å². The molecule has 1 aliphatic rings. The smallest absolute Gasteiger partial charge is 0.158 e. The molecule has 1 heterocycles. The normalized spacial score (nSPS) is 24.7. The van der Waals surface area contributed by atoms with Crippen LogP contribution in [-0.2, 0) is 9.47 Å². The van der Waals surface area contributed by atoms with Crippen LogP contribution >= 0.6 is 0 Å². The minimum atomic E-state index is -0.154. The van der Waals surface area contributed by atoms with Crippen LogP contribution in [0.1, 0.15) is 19.8 Å². The third-order valence-corrected chi connectivity index (χ3v) is 4.06. The highest BCUT2D eigenvalue weighted by Crippen LogP contribution is 2.16. The third kappa shape index (κ3) is 4.17. The van der Waals surface area contributed by atoms with Crippen molar-refractivity contribution in [1.82, 2.24) is 9.80 Å². The van der Waals surface area contributed by atoms with Gasteiger partial charge >= 0.3 is 0 Å². The fourth-order valence-electron chi connectivity index (χ4n) is 2.65. The number of methoxy groups -OCH3 is 2. The fourth-order valence-corrected chi connectivity index (χ4v) is 2.65. The van der Waals surface area contributed by atoms with E-state index in [-0.39, 0.29) is 6.29 Å². The summed E-state index contributed by atoms with van der Waals surface area (Å²) in [6.45, 7) is 6.18. The van der Waals surface area contributed by atoms with Crippen molar-refractivity contribution < 1.29 is 9.47 Å². The van der Waals surface area contributed by atoms with E-state index in [1.807, 2.05) is 0 Å². The summed E-state index contributed by atoms with van der Waals surface area (Å²) in [5, 5.41) is 0. The Labute approximate surface area is 111 Å². The Balaban J connectivity index is 2.54.